The molecule has 0 aliphatic heterocycles. The first-order chi connectivity index (χ1) is 16.9. The van der Waals surface area contributed by atoms with E-state index in [-0.39, 0.29) is 24.2 Å². The number of methoxy groups -OCH3 is 1. The highest BCUT2D eigenvalue weighted by Gasteiger charge is 2.32. The van der Waals surface area contributed by atoms with E-state index < -0.39 is 28.5 Å². The fraction of sp³-hybridized carbons (Fsp3) is 0.440. The first-order valence-electron chi connectivity index (χ1n) is 11.6. The van der Waals surface area contributed by atoms with Crippen molar-refractivity contribution in [3.63, 3.8) is 0 Å². The maximum absolute atomic E-state index is 13.7. The van der Waals surface area contributed by atoms with Crippen molar-refractivity contribution in [1.29, 1.82) is 0 Å². The molecule has 1 N–H and O–H groups in total. The number of nitrogens with zero attached hydrogens (tertiary/aromatic N) is 2. The van der Waals surface area contributed by atoms with Crippen molar-refractivity contribution >= 4 is 50.7 Å². The van der Waals surface area contributed by atoms with Gasteiger partial charge in [-0.3, -0.25) is 13.9 Å². The Morgan fingerprint density at radius 1 is 1.06 bits per heavy atom. The fourth-order valence-corrected chi connectivity index (χ4v) is 4.74. The molecule has 36 heavy (non-hydrogen) atoms. The number of carbonyl (C=O) groups excluding carboxylic acids is 2. The van der Waals surface area contributed by atoms with Crippen LogP contribution in [0.25, 0.3) is 0 Å². The molecule has 2 aromatic rings. The van der Waals surface area contributed by atoms with Gasteiger partial charge in [-0.2, -0.15) is 0 Å². The van der Waals surface area contributed by atoms with E-state index in [0.717, 1.165) is 17.0 Å². The first kappa shape index (κ1) is 29.7. The first-order valence-corrected chi connectivity index (χ1v) is 14.2. The number of sulfonamides is 1. The predicted octanol–water partition coefficient (Wildman–Crippen LogP) is 4.49. The highest BCUT2D eigenvalue weighted by Crippen LogP contribution is 2.26. The van der Waals surface area contributed by atoms with Gasteiger partial charge in [-0.25, -0.2) is 8.42 Å². The molecular formula is C25H33Cl2N3O5S. The average molecular weight is 559 g/mol. The molecule has 0 heterocycles. The summed E-state index contributed by atoms with van der Waals surface area (Å²) < 4.78 is 31.6. The predicted molar refractivity (Wildman–Crippen MR) is 144 cm³/mol. The number of benzene rings is 2. The fourth-order valence-electron chi connectivity index (χ4n) is 3.57. The zero-order valence-corrected chi connectivity index (χ0v) is 23.5. The lowest BCUT2D eigenvalue weighted by atomic mass is 10.1. The number of amides is 2. The van der Waals surface area contributed by atoms with Crippen molar-refractivity contribution in [2.24, 2.45) is 0 Å². The summed E-state index contributed by atoms with van der Waals surface area (Å²) in [5.41, 5.74) is 0.927. The molecule has 0 aliphatic carbocycles. The molecule has 11 heteroatoms. The largest absolute Gasteiger partial charge is 0.497 e. The number of ether oxygens (including phenoxy) is 1. The number of hydrogen-bond acceptors (Lipinski definition) is 5. The Balaban J connectivity index is 2.47. The zero-order chi connectivity index (χ0) is 27.0. The van der Waals surface area contributed by atoms with Gasteiger partial charge in [-0.05, 0) is 49.6 Å². The van der Waals surface area contributed by atoms with E-state index in [2.05, 4.69) is 5.32 Å². The maximum atomic E-state index is 13.7. The Kier molecular flexibility index (Phi) is 10.9. The van der Waals surface area contributed by atoms with Crippen LogP contribution in [0, 0.1) is 0 Å². The van der Waals surface area contributed by atoms with Gasteiger partial charge in [0.2, 0.25) is 21.8 Å². The Morgan fingerprint density at radius 3 is 2.31 bits per heavy atom. The lowest BCUT2D eigenvalue weighted by Gasteiger charge is -2.33. The van der Waals surface area contributed by atoms with Crippen LogP contribution in [0.15, 0.2) is 42.5 Å². The van der Waals surface area contributed by atoms with Gasteiger partial charge < -0.3 is 15.0 Å². The Hall–Kier alpha value is -2.49. The smallest absolute Gasteiger partial charge is 0.244 e. The minimum atomic E-state index is -3.84. The molecule has 0 fully saturated rings. The van der Waals surface area contributed by atoms with Crippen LogP contribution in [0.1, 0.15) is 39.2 Å². The second-order valence-electron chi connectivity index (χ2n) is 8.48. The second-order valence-corrected chi connectivity index (χ2v) is 11.2. The van der Waals surface area contributed by atoms with Crippen LogP contribution >= 0.6 is 23.2 Å². The molecule has 2 rings (SSSR count). The van der Waals surface area contributed by atoms with Gasteiger partial charge >= 0.3 is 0 Å². The molecule has 0 saturated heterocycles. The molecule has 0 aromatic heterocycles. The van der Waals surface area contributed by atoms with Crippen molar-refractivity contribution in [3.8, 4) is 5.75 Å². The molecule has 0 unspecified atom stereocenters. The number of nitrogens with one attached hydrogen (secondary N) is 1. The number of hydrogen-bond donors (Lipinski definition) is 1. The molecule has 2 atom stereocenters. The average Bonchev–Trinajstić information content (AvgIpc) is 2.83. The topological polar surface area (TPSA) is 96.0 Å². The van der Waals surface area contributed by atoms with E-state index in [9.17, 15) is 18.0 Å². The Labute approximate surface area is 223 Å². The van der Waals surface area contributed by atoms with Crippen LogP contribution in [-0.2, 0) is 26.2 Å². The van der Waals surface area contributed by atoms with E-state index >= 15 is 0 Å². The van der Waals surface area contributed by atoms with E-state index in [1.54, 1.807) is 43.3 Å². The van der Waals surface area contributed by atoms with Gasteiger partial charge in [-0.15, -0.1) is 0 Å². The van der Waals surface area contributed by atoms with E-state index in [1.165, 1.54) is 18.1 Å². The third-order valence-corrected chi connectivity index (χ3v) is 7.62. The Bertz CT molecular complexity index is 1180. The molecular weight excluding hydrogens is 525 g/mol. The van der Waals surface area contributed by atoms with Gasteiger partial charge in [-0.1, -0.05) is 49.2 Å². The third kappa shape index (κ3) is 8.01. The normalized spacial score (nSPS) is 13.0. The second kappa shape index (κ2) is 13.2. The number of rotatable bonds is 12. The number of anilines is 1. The highest BCUT2D eigenvalue weighted by molar-refractivity contribution is 7.92. The summed E-state index contributed by atoms with van der Waals surface area (Å²) in [4.78, 5) is 28.2. The van der Waals surface area contributed by atoms with Crippen LogP contribution in [0.4, 0.5) is 5.69 Å². The summed E-state index contributed by atoms with van der Waals surface area (Å²) in [7, 11) is -2.37. The van der Waals surface area contributed by atoms with Crippen molar-refractivity contribution < 1.29 is 22.7 Å². The summed E-state index contributed by atoms with van der Waals surface area (Å²) in [5, 5.41) is 3.60. The highest BCUT2D eigenvalue weighted by atomic mass is 35.5. The Morgan fingerprint density at radius 2 is 1.75 bits per heavy atom. The number of carbonyl (C=O) groups is 2. The molecule has 0 aliphatic rings. The van der Waals surface area contributed by atoms with Crippen molar-refractivity contribution in [3.05, 3.63) is 58.1 Å². The van der Waals surface area contributed by atoms with E-state index in [0.29, 0.717) is 27.8 Å². The number of halogens is 2. The monoisotopic (exact) mass is 557 g/mol. The van der Waals surface area contributed by atoms with Crippen LogP contribution in [-0.4, -0.2) is 57.1 Å². The van der Waals surface area contributed by atoms with Crippen molar-refractivity contribution in [2.75, 3.05) is 24.2 Å². The van der Waals surface area contributed by atoms with Gasteiger partial charge in [0.05, 0.1) is 29.1 Å². The molecule has 0 radical (unpaired) electrons. The van der Waals surface area contributed by atoms with E-state index in [1.807, 2.05) is 13.8 Å². The third-order valence-electron chi connectivity index (χ3n) is 5.74. The summed E-state index contributed by atoms with van der Waals surface area (Å²) >= 11 is 12.2. The van der Waals surface area contributed by atoms with Crippen LogP contribution < -0.4 is 14.4 Å². The summed E-state index contributed by atoms with van der Waals surface area (Å²) in [6.45, 7) is 5.16. The molecule has 8 nitrogen and oxygen atoms in total. The van der Waals surface area contributed by atoms with Gasteiger partial charge in [0.1, 0.15) is 18.3 Å². The lowest BCUT2D eigenvalue weighted by Crippen LogP contribution is -2.53. The molecule has 2 amide bonds. The SMILES string of the molecule is CC[C@H](C(=O)N[C@@H](C)CC)N(Cc1ccc(Cl)c(Cl)c1)C(=O)CN(c1cccc(OC)c1)S(C)(=O)=O. The van der Waals surface area contributed by atoms with Gasteiger partial charge in [0, 0.05) is 18.7 Å². The molecule has 2 aromatic carbocycles. The van der Waals surface area contributed by atoms with Crippen LogP contribution in [0.3, 0.4) is 0 Å². The molecule has 0 saturated carbocycles. The summed E-state index contributed by atoms with van der Waals surface area (Å²) in [6, 6.07) is 10.5. The van der Waals surface area contributed by atoms with E-state index in [4.69, 9.17) is 27.9 Å². The molecule has 0 spiro atoms. The molecule has 0 bridgehead atoms. The van der Waals surface area contributed by atoms with Crippen molar-refractivity contribution in [2.45, 2.75) is 52.2 Å². The maximum Gasteiger partial charge on any atom is 0.244 e. The minimum absolute atomic E-state index is 0.0396. The zero-order valence-electron chi connectivity index (χ0n) is 21.1. The quantitative estimate of drug-likeness (QED) is 0.414. The van der Waals surface area contributed by atoms with Gasteiger partial charge in [0.25, 0.3) is 0 Å². The molecule has 198 valence electrons. The minimum Gasteiger partial charge on any atom is -0.497 e. The summed E-state index contributed by atoms with van der Waals surface area (Å²) in [5.74, 6) is -0.409. The van der Waals surface area contributed by atoms with Crippen LogP contribution in [0.5, 0.6) is 5.75 Å². The lowest BCUT2D eigenvalue weighted by molar-refractivity contribution is -0.140. The van der Waals surface area contributed by atoms with Gasteiger partial charge in [0.15, 0.2) is 0 Å². The standard InChI is InChI=1S/C25H33Cl2N3O5S/c1-6-17(3)28-25(32)23(7-2)29(15-18-11-12-21(26)22(27)13-18)24(31)16-30(36(5,33)34)19-9-8-10-20(14-19)35-4/h8-14,17,23H,6-7,15-16H2,1-5H3,(H,28,32)/t17-,23+/m0/s1. The summed E-state index contributed by atoms with van der Waals surface area (Å²) in [6.07, 6.45) is 2.07. The van der Waals surface area contributed by atoms with Crippen molar-refractivity contribution in [1.82, 2.24) is 10.2 Å². The van der Waals surface area contributed by atoms with Crippen LogP contribution in [0.2, 0.25) is 10.0 Å².